The van der Waals surface area contributed by atoms with E-state index in [2.05, 4.69) is 0 Å². The van der Waals surface area contributed by atoms with Gasteiger partial charge in [-0.1, -0.05) is 0 Å². The van der Waals surface area contributed by atoms with Crippen molar-refractivity contribution in [3.05, 3.63) is 6.61 Å². The highest BCUT2D eigenvalue weighted by molar-refractivity contribution is 5.89. The molecule has 5 heteroatoms. The number of aliphatic hydroxyl groups excluding tert-OH is 1. The molecule has 0 bridgehead atoms. The molecule has 0 aromatic heterocycles. The Hall–Kier alpha value is -0.580. The normalized spacial score (nSPS) is 11.5. The van der Waals surface area contributed by atoms with Crippen molar-refractivity contribution >= 4 is 5.78 Å². The number of ketones is 1. The van der Waals surface area contributed by atoms with E-state index in [-0.39, 0.29) is 0 Å². The molecule has 0 amide bonds. The lowest BCUT2D eigenvalue weighted by Crippen LogP contribution is -2.22. The molecule has 0 unspecified atom stereocenters. The van der Waals surface area contributed by atoms with Gasteiger partial charge in [0.2, 0.25) is 0 Å². The maximum Gasteiger partial charge on any atom is 0.452 e. The first kappa shape index (κ1) is 7.42. The standard InChI is InChI=1S/C3H2F3O2/c4-3(5,6)2(8)1-7/h1,7H. The largest absolute Gasteiger partial charge is 0.452 e. The minimum absolute atomic E-state index is 0.514. The summed E-state index contributed by atoms with van der Waals surface area (Å²) in [5, 5.41) is 7.48. The van der Waals surface area contributed by atoms with Crippen LogP contribution in [-0.2, 0) is 4.79 Å². The molecule has 2 nitrogen and oxygen atoms in total. The van der Waals surface area contributed by atoms with Crippen molar-refractivity contribution in [1.82, 2.24) is 0 Å². The Kier molecular flexibility index (Phi) is 1.97. The summed E-state index contributed by atoms with van der Waals surface area (Å²) >= 11 is 0. The Morgan fingerprint density at radius 2 is 1.88 bits per heavy atom. The van der Waals surface area contributed by atoms with Gasteiger partial charge in [0.1, 0.15) is 0 Å². The molecule has 0 aliphatic heterocycles. The van der Waals surface area contributed by atoms with Crippen molar-refractivity contribution < 1.29 is 23.1 Å². The van der Waals surface area contributed by atoms with E-state index in [1.54, 1.807) is 0 Å². The third-order valence-electron chi connectivity index (χ3n) is 0.397. The monoisotopic (exact) mass is 127 g/mol. The Labute approximate surface area is 42.9 Å². The van der Waals surface area contributed by atoms with Crippen LogP contribution in [0.2, 0.25) is 0 Å². The number of alkyl halides is 3. The molecule has 0 atom stereocenters. The van der Waals surface area contributed by atoms with E-state index in [0.29, 0.717) is 0 Å². The number of carbonyl (C=O) groups is 1. The van der Waals surface area contributed by atoms with Crippen LogP contribution < -0.4 is 0 Å². The number of hydrogen-bond acceptors (Lipinski definition) is 2. The summed E-state index contributed by atoms with van der Waals surface area (Å²) in [5.74, 6) is -2.24. The lowest BCUT2D eigenvalue weighted by Gasteiger charge is -1.98. The summed E-state index contributed by atoms with van der Waals surface area (Å²) in [6.07, 6.45) is -4.94. The molecular formula is C3H2F3O2. The number of hydrogen-bond donors (Lipinski definition) is 1. The Morgan fingerprint density at radius 1 is 1.50 bits per heavy atom. The van der Waals surface area contributed by atoms with E-state index in [4.69, 9.17) is 5.11 Å². The summed E-state index contributed by atoms with van der Waals surface area (Å²) in [4.78, 5) is 9.40. The fourth-order valence-electron chi connectivity index (χ4n) is 0.0732. The summed E-state index contributed by atoms with van der Waals surface area (Å²) in [6, 6.07) is 0. The van der Waals surface area contributed by atoms with Gasteiger partial charge in [-0.25, -0.2) is 0 Å². The van der Waals surface area contributed by atoms with Gasteiger partial charge in [0.15, 0.2) is 6.61 Å². The minimum atomic E-state index is -4.94. The highest BCUT2D eigenvalue weighted by Crippen LogP contribution is 2.15. The predicted molar refractivity (Wildman–Crippen MR) is 17.3 cm³/mol. The van der Waals surface area contributed by atoms with Gasteiger partial charge in [0.05, 0.1) is 0 Å². The van der Waals surface area contributed by atoms with Crippen molar-refractivity contribution in [3.8, 4) is 0 Å². The Balaban J connectivity index is 3.82. The summed E-state index contributed by atoms with van der Waals surface area (Å²) in [6.45, 7) is -0.514. The molecule has 0 saturated heterocycles. The van der Waals surface area contributed by atoms with Crippen molar-refractivity contribution in [2.24, 2.45) is 0 Å². The van der Waals surface area contributed by atoms with Gasteiger partial charge in [-0.05, 0) is 0 Å². The zero-order valence-corrected chi connectivity index (χ0v) is 3.57. The maximum atomic E-state index is 10.9. The molecular weight excluding hydrogens is 125 g/mol. The zero-order valence-electron chi connectivity index (χ0n) is 3.57. The third-order valence-corrected chi connectivity index (χ3v) is 0.397. The fraction of sp³-hybridized carbons (Fsp3) is 0.333. The van der Waals surface area contributed by atoms with E-state index in [1.165, 1.54) is 0 Å². The number of carbonyl (C=O) groups excluding carboxylic acids is 1. The lowest BCUT2D eigenvalue weighted by atomic mass is 10.4. The number of rotatable bonds is 1. The molecule has 0 rings (SSSR count). The van der Waals surface area contributed by atoms with Gasteiger partial charge < -0.3 is 5.11 Å². The predicted octanol–water partition coefficient (Wildman–Crippen LogP) is 0.652. The second kappa shape index (κ2) is 2.13. The second-order valence-electron chi connectivity index (χ2n) is 0.991. The summed E-state index contributed by atoms with van der Waals surface area (Å²) in [7, 11) is 0. The molecule has 0 aliphatic carbocycles. The van der Waals surface area contributed by atoms with Crippen molar-refractivity contribution in [2.75, 3.05) is 0 Å². The average molecular weight is 127 g/mol. The van der Waals surface area contributed by atoms with Crippen molar-refractivity contribution in [2.45, 2.75) is 6.18 Å². The fourth-order valence-corrected chi connectivity index (χ4v) is 0.0732. The van der Waals surface area contributed by atoms with Gasteiger partial charge in [-0.3, -0.25) is 4.79 Å². The van der Waals surface area contributed by atoms with Crippen molar-refractivity contribution in [3.63, 3.8) is 0 Å². The zero-order chi connectivity index (χ0) is 6.78. The number of halogens is 3. The molecule has 47 valence electrons. The van der Waals surface area contributed by atoms with Crippen LogP contribution in [0.3, 0.4) is 0 Å². The van der Waals surface area contributed by atoms with Gasteiger partial charge in [-0.2, -0.15) is 13.2 Å². The molecule has 0 spiro atoms. The highest BCUT2D eigenvalue weighted by atomic mass is 19.4. The molecule has 1 radical (unpaired) electrons. The molecule has 0 aliphatic rings. The van der Waals surface area contributed by atoms with Crippen LogP contribution in [0.25, 0.3) is 0 Å². The lowest BCUT2D eigenvalue weighted by molar-refractivity contribution is -0.169. The molecule has 0 saturated carbocycles. The van der Waals surface area contributed by atoms with Crippen LogP contribution in [0.15, 0.2) is 0 Å². The van der Waals surface area contributed by atoms with Crippen LogP contribution in [0.1, 0.15) is 0 Å². The van der Waals surface area contributed by atoms with Gasteiger partial charge in [0, 0.05) is 0 Å². The van der Waals surface area contributed by atoms with Crippen LogP contribution >= 0.6 is 0 Å². The average Bonchev–Trinajstić information content (AvgIpc) is 1.62. The molecule has 0 aromatic rings. The van der Waals surface area contributed by atoms with E-state index >= 15 is 0 Å². The second-order valence-corrected chi connectivity index (χ2v) is 0.991. The first-order chi connectivity index (χ1) is 3.48. The molecule has 0 aromatic carbocycles. The maximum absolute atomic E-state index is 10.9. The smallest absolute Gasteiger partial charge is 0.382 e. The Bertz CT molecular complexity index is 95.2. The van der Waals surface area contributed by atoms with E-state index in [9.17, 15) is 18.0 Å². The number of Topliss-reactive ketones (excluding diaryl/α,β-unsaturated/α-hetero) is 1. The molecule has 1 N–H and O–H groups in total. The number of aliphatic hydroxyl groups is 1. The minimum Gasteiger partial charge on any atom is -0.382 e. The van der Waals surface area contributed by atoms with E-state index in [1.807, 2.05) is 0 Å². The van der Waals surface area contributed by atoms with Crippen LogP contribution in [0.5, 0.6) is 0 Å². The van der Waals surface area contributed by atoms with Crippen LogP contribution in [0, 0.1) is 6.61 Å². The third kappa shape index (κ3) is 1.92. The van der Waals surface area contributed by atoms with Gasteiger partial charge in [-0.15, -0.1) is 0 Å². The van der Waals surface area contributed by atoms with Gasteiger partial charge >= 0.3 is 6.18 Å². The van der Waals surface area contributed by atoms with Crippen LogP contribution in [-0.4, -0.2) is 17.1 Å². The highest BCUT2D eigenvalue weighted by Gasteiger charge is 2.37. The van der Waals surface area contributed by atoms with Gasteiger partial charge in [0.25, 0.3) is 5.78 Å². The Morgan fingerprint density at radius 3 is 1.88 bits per heavy atom. The van der Waals surface area contributed by atoms with E-state index < -0.39 is 18.6 Å². The first-order valence-corrected chi connectivity index (χ1v) is 1.57. The molecule has 0 heterocycles. The first-order valence-electron chi connectivity index (χ1n) is 1.57. The molecule has 0 fully saturated rings. The quantitative estimate of drug-likeness (QED) is 0.561. The van der Waals surface area contributed by atoms with E-state index in [0.717, 1.165) is 0 Å². The SMILES string of the molecule is O=C([CH]O)C(F)(F)F. The summed E-state index contributed by atoms with van der Waals surface area (Å²) < 4.78 is 32.7. The molecule has 8 heavy (non-hydrogen) atoms. The van der Waals surface area contributed by atoms with Crippen molar-refractivity contribution in [1.29, 1.82) is 0 Å². The summed E-state index contributed by atoms with van der Waals surface area (Å²) in [5.41, 5.74) is 0. The van der Waals surface area contributed by atoms with Crippen LogP contribution in [0.4, 0.5) is 13.2 Å². The topological polar surface area (TPSA) is 37.3 Å².